The molecule has 0 bridgehead atoms. The van der Waals surface area contributed by atoms with Gasteiger partial charge in [-0.3, -0.25) is 14.3 Å². The largest absolute Gasteiger partial charge is 0.374 e. The first-order valence-corrected chi connectivity index (χ1v) is 12.4. The summed E-state index contributed by atoms with van der Waals surface area (Å²) in [6.07, 6.45) is 0.0316. The summed E-state index contributed by atoms with van der Waals surface area (Å²) in [5.41, 5.74) is 1.94. The Morgan fingerprint density at radius 1 is 1.12 bits per heavy atom. The molecule has 2 heterocycles. The number of amides is 1. The minimum atomic E-state index is -0.0338. The number of hydrogen-bond acceptors (Lipinski definition) is 6. The van der Waals surface area contributed by atoms with Crippen LogP contribution >= 0.6 is 11.8 Å². The Labute approximate surface area is 199 Å². The maximum absolute atomic E-state index is 12.6. The molecule has 7 nitrogen and oxygen atoms in total. The quantitative estimate of drug-likeness (QED) is 0.488. The molecule has 1 unspecified atom stereocenters. The molecule has 0 spiro atoms. The van der Waals surface area contributed by atoms with E-state index in [-0.39, 0.29) is 17.8 Å². The number of morpholine rings is 1. The van der Waals surface area contributed by atoms with Crippen LogP contribution in [0.5, 0.6) is 0 Å². The average Bonchev–Trinajstić information content (AvgIpc) is 3.26. The Kier molecular flexibility index (Phi) is 8.15. The Morgan fingerprint density at radius 2 is 1.85 bits per heavy atom. The molecule has 4 rings (SSSR count). The summed E-state index contributed by atoms with van der Waals surface area (Å²) in [7, 11) is 0. The number of carbonyl (C=O) groups excluding carboxylic acids is 1. The highest BCUT2D eigenvalue weighted by atomic mass is 32.2. The first-order chi connectivity index (χ1) is 16.1. The summed E-state index contributed by atoms with van der Waals surface area (Å²) in [6.45, 7) is 8.55. The first-order valence-electron chi connectivity index (χ1n) is 11.4. The van der Waals surface area contributed by atoms with Crippen molar-refractivity contribution in [2.24, 2.45) is 5.92 Å². The molecule has 0 radical (unpaired) electrons. The van der Waals surface area contributed by atoms with Crippen LogP contribution in [0, 0.1) is 5.92 Å². The van der Waals surface area contributed by atoms with Crippen molar-refractivity contribution in [2.75, 3.05) is 38.5 Å². The van der Waals surface area contributed by atoms with Gasteiger partial charge in [0.1, 0.15) is 0 Å². The lowest BCUT2D eigenvalue weighted by molar-refractivity contribution is -0.119. The fourth-order valence-electron chi connectivity index (χ4n) is 3.94. The predicted octanol–water partition coefficient (Wildman–Crippen LogP) is 3.50. The van der Waals surface area contributed by atoms with Gasteiger partial charge in [-0.15, -0.1) is 10.2 Å². The van der Waals surface area contributed by atoms with Crippen LogP contribution in [0.2, 0.25) is 0 Å². The number of rotatable bonds is 9. The van der Waals surface area contributed by atoms with Crippen LogP contribution in [0.1, 0.15) is 13.8 Å². The predicted molar refractivity (Wildman–Crippen MR) is 132 cm³/mol. The zero-order valence-electron chi connectivity index (χ0n) is 19.2. The van der Waals surface area contributed by atoms with Gasteiger partial charge in [0.2, 0.25) is 5.91 Å². The number of ether oxygens (including phenoxy) is 1. The van der Waals surface area contributed by atoms with Crippen LogP contribution < -0.4 is 5.32 Å². The van der Waals surface area contributed by atoms with Crippen LogP contribution in [0.25, 0.3) is 17.1 Å². The van der Waals surface area contributed by atoms with E-state index in [4.69, 9.17) is 4.74 Å². The second-order valence-corrected chi connectivity index (χ2v) is 9.52. The summed E-state index contributed by atoms with van der Waals surface area (Å²) < 4.78 is 7.84. The standard InChI is InChI=1S/C25H31N5O2S/c1-19(2)16-29-13-14-32-22(17-29)15-26-23(31)18-33-25-28-27-24(20-9-5-3-6-10-20)30(25)21-11-7-4-8-12-21/h3-12,19,22H,13-18H2,1-2H3,(H,26,31). The molecule has 33 heavy (non-hydrogen) atoms. The van der Waals surface area contributed by atoms with Gasteiger partial charge in [-0.25, -0.2) is 0 Å². The van der Waals surface area contributed by atoms with E-state index >= 15 is 0 Å². The van der Waals surface area contributed by atoms with Crippen molar-refractivity contribution >= 4 is 17.7 Å². The molecule has 1 aliphatic heterocycles. The van der Waals surface area contributed by atoms with Crippen molar-refractivity contribution in [1.82, 2.24) is 25.0 Å². The van der Waals surface area contributed by atoms with Crippen LogP contribution in [0.3, 0.4) is 0 Å². The van der Waals surface area contributed by atoms with E-state index in [1.807, 2.05) is 65.2 Å². The van der Waals surface area contributed by atoms with Crippen LogP contribution in [0.15, 0.2) is 65.8 Å². The zero-order chi connectivity index (χ0) is 23.0. The lowest BCUT2D eigenvalue weighted by atomic mass is 10.2. The fraction of sp³-hybridized carbons (Fsp3) is 0.400. The summed E-state index contributed by atoms with van der Waals surface area (Å²) in [4.78, 5) is 15.0. The molecular formula is C25H31N5O2S. The minimum Gasteiger partial charge on any atom is -0.374 e. The van der Waals surface area contributed by atoms with Crippen LogP contribution in [-0.2, 0) is 9.53 Å². The summed E-state index contributed by atoms with van der Waals surface area (Å²) in [6, 6.07) is 19.9. The molecule has 1 fully saturated rings. The average molecular weight is 466 g/mol. The number of nitrogens with one attached hydrogen (secondary N) is 1. The molecular weight excluding hydrogens is 434 g/mol. The number of hydrogen-bond donors (Lipinski definition) is 1. The number of carbonyl (C=O) groups is 1. The monoisotopic (exact) mass is 465 g/mol. The van der Waals surface area contributed by atoms with Crippen molar-refractivity contribution < 1.29 is 9.53 Å². The van der Waals surface area contributed by atoms with E-state index < -0.39 is 0 Å². The van der Waals surface area contributed by atoms with Gasteiger partial charge in [0.25, 0.3) is 0 Å². The highest BCUT2D eigenvalue weighted by Crippen LogP contribution is 2.27. The fourth-order valence-corrected chi connectivity index (χ4v) is 4.72. The molecule has 1 N–H and O–H groups in total. The highest BCUT2D eigenvalue weighted by molar-refractivity contribution is 7.99. The second-order valence-electron chi connectivity index (χ2n) is 8.58. The molecule has 0 aliphatic carbocycles. The van der Waals surface area contributed by atoms with Crippen LogP contribution in [0.4, 0.5) is 0 Å². The lowest BCUT2D eigenvalue weighted by Gasteiger charge is -2.33. The van der Waals surface area contributed by atoms with E-state index in [0.29, 0.717) is 24.2 Å². The molecule has 1 aromatic heterocycles. The summed E-state index contributed by atoms with van der Waals surface area (Å²) in [5, 5.41) is 12.5. The number of aromatic nitrogens is 3. The van der Waals surface area contributed by atoms with E-state index in [9.17, 15) is 4.79 Å². The van der Waals surface area contributed by atoms with Gasteiger partial charge in [-0.2, -0.15) is 0 Å². The van der Waals surface area contributed by atoms with Gasteiger partial charge in [0.15, 0.2) is 11.0 Å². The van der Waals surface area contributed by atoms with Crippen molar-refractivity contribution in [3.8, 4) is 17.1 Å². The van der Waals surface area contributed by atoms with Crippen molar-refractivity contribution in [3.05, 3.63) is 60.7 Å². The molecule has 1 atom stereocenters. The van der Waals surface area contributed by atoms with E-state index in [2.05, 4.69) is 34.3 Å². The minimum absolute atomic E-state index is 0.0316. The Morgan fingerprint density at radius 3 is 2.58 bits per heavy atom. The van der Waals surface area contributed by atoms with Gasteiger partial charge in [0, 0.05) is 37.4 Å². The molecule has 1 saturated heterocycles. The van der Waals surface area contributed by atoms with Gasteiger partial charge in [0.05, 0.1) is 18.5 Å². The second kappa shape index (κ2) is 11.4. The van der Waals surface area contributed by atoms with Crippen molar-refractivity contribution in [1.29, 1.82) is 0 Å². The maximum Gasteiger partial charge on any atom is 0.230 e. The van der Waals surface area contributed by atoms with Crippen molar-refractivity contribution in [3.63, 3.8) is 0 Å². The lowest BCUT2D eigenvalue weighted by Crippen LogP contribution is -2.48. The summed E-state index contributed by atoms with van der Waals surface area (Å²) >= 11 is 1.39. The van der Waals surface area contributed by atoms with Gasteiger partial charge in [-0.1, -0.05) is 74.1 Å². The number of nitrogens with zero attached hydrogens (tertiary/aromatic N) is 4. The molecule has 2 aromatic carbocycles. The third kappa shape index (κ3) is 6.43. The molecule has 1 aliphatic rings. The molecule has 0 saturated carbocycles. The molecule has 174 valence electrons. The number of para-hydroxylation sites is 1. The Hall–Kier alpha value is -2.68. The number of benzene rings is 2. The molecule has 8 heteroatoms. The third-order valence-corrected chi connectivity index (χ3v) is 6.31. The molecule has 1 amide bonds. The third-order valence-electron chi connectivity index (χ3n) is 5.39. The van der Waals surface area contributed by atoms with E-state index in [1.165, 1.54) is 11.8 Å². The zero-order valence-corrected chi connectivity index (χ0v) is 20.0. The van der Waals surface area contributed by atoms with E-state index in [1.54, 1.807) is 0 Å². The SMILES string of the molecule is CC(C)CN1CCOC(CNC(=O)CSc2nnc(-c3ccccc3)n2-c2ccccc2)C1. The van der Waals surface area contributed by atoms with Gasteiger partial charge >= 0.3 is 0 Å². The Bertz CT molecular complexity index is 1030. The topological polar surface area (TPSA) is 72.3 Å². The Balaban J connectivity index is 1.38. The smallest absolute Gasteiger partial charge is 0.230 e. The van der Waals surface area contributed by atoms with Gasteiger partial charge in [-0.05, 0) is 18.1 Å². The molecule has 3 aromatic rings. The highest BCUT2D eigenvalue weighted by Gasteiger charge is 2.22. The van der Waals surface area contributed by atoms with Crippen LogP contribution in [-0.4, -0.2) is 70.2 Å². The maximum atomic E-state index is 12.6. The van der Waals surface area contributed by atoms with Gasteiger partial charge < -0.3 is 10.1 Å². The normalized spacial score (nSPS) is 16.8. The first kappa shape index (κ1) is 23.5. The van der Waals surface area contributed by atoms with E-state index in [0.717, 1.165) is 36.7 Å². The summed E-state index contributed by atoms with van der Waals surface area (Å²) in [5.74, 6) is 1.61. The number of thioether (sulfide) groups is 1. The van der Waals surface area contributed by atoms with Crippen molar-refractivity contribution in [2.45, 2.75) is 25.1 Å².